The van der Waals surface area contributed by atoms with Crippen molar-refractivity contribution in [2.45, 2.75) is 70.8 Å². The predicted octanol–water partition coefficient (Wildman–Crippen LogP) is 4.36. The molecule has 0 bridgehead atoms. The van der Waals surface area contributed by atoms with E-state index < -0.39 is 5.54 Å². The summed E-state index contributed by atoms with van der Waals surface area (Å²) in [6.45, 7) is 8.54. The molecule has 1 aromatic carbocycles. The van der Waals surface area contributed by atoms with Crippen LogP contribution in [0.15, 0.2) is 18.2 Å². The van der Waals surface area contributed by atoms with Crippen LogP contribution in [0.2, 0.25) is 0 Å². The number of rotatable bonds is 5. The van der Waals surface area contributed by atoms with Crippen LogP contribution in [0.1, 0.15) is 76.3 Å². The molecule has 1 aliphatic rings. The van der Waals surface area contributed by atoms with E-state index in [4.69, 9.17) is 0 Å². The van der Waals surface area contributed by atoms with E-state index in [1.54, 1.807) is 0 Å². The Morgan fingerprint density at radius 3 is 2.09 bits per heavy atom. The summed E-state index contributed by atoms with van der Waals surface area (Å²) in [5, 5.41) is 15.8. The van der Waals surface area contributed by atoms with Gasteiger partial charge < -0.3 is 15.7 Å². The van der Waals surface area contributed by atoms with Crippen LogP contribution >= 0.6 is 0 Å². The Hall–Kier alpha value is -1.55. The van der Waals surface area contributed by atoms with Crippen molar-refractivity contribution in [2.24, 2.45) is 0 Å². The molecule has 0 unspecified atom stereocenters. The van der Waals surface area contributed by atoms with Gasteiger partial charge in [0, 0.05) is 5.69 Å². The molecule has 4 heteroatoms. The van der Waals surface area contributed by atoms with Gasteiger partial charge in [-0.05, 0) is 35.8 Å². The lowest BCUT2D eigenvalue weighted by Gasteiger charge is -2.29. The molecule has 2 rings (SSSR count). The molecule has 128 valence electrons. The molecule has 0 spiro atoms. The van der Waals surface area contributed by atoms with Crippen LogP contribution in [0.25, 0.3) is 0 Å². The van der Waals surface area contributed by atoms with Gasteiger partial charge in [-0.15, -0.1) is 0 Å². The number of amides is 2. The van der Waals surface area contributed by atoms with Gasteiger partial charge in [-0.1, -0.05) is 58.7 Å². The number of anilines is 1. The third kappa shape index (κ3) is 4.05. The Bertz CT molecular complexity index is 520. The largest absolute Gasteiger partial charge is 0.394 e. The first-order valence-corrected chi connectivity index (χ1v) is 8.71. The van der Waals surface area contributed by atoms with Gasteiger partial charge in [0.15, 0.2) is 0 Å². The topological polar surface area (TPSA) is 61.4 Å². The van der Waals surface area contributed by atoms with E-state index in [0.717, 1.165) is 42.5 Å². The first-order valence-electron chi connectivity index (χ1n) is 8.71. The van der Waals surface area contributed by atoms with Crippen LogP contribution in [0.5, 0.6) is 0 Å². The minimum absolute atomic E-state index is 0.00326. The van der Waals surface area contributed by atoms with E-state index in [2.05, 4.69) is 56.5 Å². The highest BCUT2D eigenvalue weighted by Crippen LogP contribution is 2.33. The SMILES string of the molecule is CC(C)c1cccc(C(C)C)c1NC(=O)NC1(CO)CCCC1. The average molecular weight is 318 g/mol. The quantitative estimate of drug-likeness (QED) is 0.755. The zero-order chi connectivity index (χ0) is 17.0. The number of benzene rings is 1. The Kier molecular flexibility index (Phi) is 5.69. The van der Waals surface area contributed by atoms with Crippen molar-refractivity contribution in [3.63, 3.8) is 0 Å². The van der Waals surface area contributed by atoms with Gasteiger partial charge >= 0.3 is 6.03 Å². The lowest BCUT2D eigenvalue weighted by atomic mass is 9.92. The van der Waals surface area contributed by atoms with Gasteiger partial charge in [0.25, 0.3) is 0 Å². The van der Waals surface area contributed by atoms with E-state index in [1.165, 1.54) is 0 Å². The van der Waals surface area contributed by atoms with Crippen molar-refractivity contribution in [3.8, 4) is 0 Å². The van der Waals surface area contributed by atoms with Crippen molar-refractivity contribution in [3.05, 3.63) is 29.3 Å². The summed E-state index contributed by atoms with van der Waals surface area (Å²) >= 11 is 0. The second-order valence-corrected chi connectivity index (χ2v) is 7.35. The molecule has 4 nitrogen and oxygen atoms in total. The van der Waals surface area contributed by atoms with Crippen molar-refractivity contribution >= 4 is 11.7 Å². The van der Waals surface area contributed by atoms with E-state index >= 15 is 0 Å². The molecule has 0 aromatic heterocycles. The fourth-order valence-electron chi connectivity index (χ4n) is 3.46. The molecule has 0 atom stereocenters. The number of carbonyl (C=O) groups excluding carboxylic acids is 1. The lowest BCUT2D eigenvalue weighted by Crippen LogP contribution is -2.50. The number of carbonyl (C=O) groups is 1. The molecule has 3 N–H and O–H groups in total. The van der Waals surface area contributed by atoms with Crippen LogP contribution in [0.3, 0.4) is 0 Å². The van der Waals surface area contributed by atoms with Gasteiger partial charge in [-0.3, -0.25) is 0 Å². The average Bonchev–Trinajstić information content (AvgIpc) is 2.95. The third-order valence-corrected chi connectivity index (χ3v) is 4.85. The van der Waals surface area contributed by atoms with Crippen LogP contribution in [0.4, 0.5) is 10.5 Å². The van der Waals surface area contributed by atoms with E-state index in [1.807, 2.05) is 0 Å². The van der Waals surface area contributed by atoms with Crippen LogP contribution in [-0.2, 0) is 0 Å². The van der Waals surface area contributed by atoms with Crippen molar-refractivity contribution < 1.29 is 9.90 Å². The summed E-state index contributed by atoms with van der Waals surface area (Å²) in [4.78, 5) is 12.5. The van der Waals surface area contributed by atoms with Gasteiger partial charge in [0.05, 0.1) is 12.1 Å². The highest BCUT2D eigenvalue weighted by atomic mass is 16.3. The third-order valence-electron chi connectivity index (χ3n) is 4.85. The van der Waals surface area contributed by atoms with Gasteiger partial charge in [-0.25, -0.2) is 4.79 Å². The molecule has 0 saturated heterocycles. The molecule has 1 saturated carbocycles. The molecule has 2 amide bonds. The molecular formula is C19H30N2O2. The van der Waals surface area contributed by atoms with E-state index in [9.17, 15) is 9.90 Å². The minimum atomic E-state index is -0.450. The maximum Gasteiger partial charge on any atom is 0.319 e. The van der Waals surface area contributed by atoms with Gasteiger partial charge in [0.2, 0.25) is 0 Å². The number of urea groups is 1. The smallest absolute Gasteiger partial charge is 0.319 e. The van der Waals surface area contributed by atoms with Crippen LogP contribution < -0.4 is 10.6 Å². The standard InChI is InChI=1S/C19H30N2O2/c1-13(2)15-8-7-9-16(14(3)4)17(15)20-18(23)21-19(12-22)10-5-6-11-19/h7-9,13-14,22H,5-6,10-12H2,1-4H3,(H2,20,21,23). The molecule has 23 heavy (non-hydrogen) atoms. The van der Waals surface area contributed by atoms with Crippen LogP contribution in [-0.4, -0.2) is 23.3 Å². The maximum absolute atomic E-state index is 12.5. The zero-order valence-electron chi connectivity index (χ0n) is 14.8. The molecule has 1 aromatic rings. The van der Waals surface area contributed by atoms with Gasteiger partial charge in [-0.2, -0.15) is 0 Å². The number of aliphatic hydroxyl groups excluding tert-OH is 1. The fourth-order valence-corrected chi connectivity index (χ4v) is 3.46. The van der Waals surface area contributed by atoms with Crippen LogP contribution in [0, 0.1) is 0 Å². The Balaban J connectivity index is 2.22. The summed E-state index contributed by atoms with van der Waals surface area (Å²) < 4.78 is 0. The lowest BCUT2D eigenvalue weighted by molar-refractivity contribution is 0.167. The molecule has 0 aliphatic heterocycles. The maximum atomic E-state index is 12.5. The second kappa shape index (κ2) is 7.35. The Labute approximate surface area is 139 Å². The van der Waals surface area contributed by atoms with E-state index in [0.29, 0.717) is 11.8 Å². The summed E-state index contributed by atoms with van der Waals surface area (Å²) in [5.74, 6) is 0.671. The van der Waals surface area contributed by atoms with Crippen molar-refractivity contribution in [1.82, 2.24) is 5.32 Å². The summed E-state index contributed by atoms with van der Waals surface area (Å²) in [7, 11) is 0. The van der Waals surface area contributed by atoms with Crippen molar-refractivity contribution in [2.75, 3.05) is 11.9 Å². The molecule has 0 heterocycles. The minimum Gasteiger partial charge on any atom is -0.394 e. The van der Waals surface area contributed by atoms with Crippen molar-refractivity contribution in [1.29, 1.82) is 0 Å². The van der Waals surface area contributed by atoms with Gasteiger partial charge in [0.1, 0.15) is 0 Å². The monoisotopic (exact) mass is 318 g/mol. The fraction of sp³-hybridized carbons (Fsp3) is 0.632. The summed E-state index contributed by atoms with van der Waals surface area (Å²) in [5.41, 5.74) is 2.77. The number of hydrogen-bond acceptors (Lipinski definition) is 2. The normalized spacial score (nSPS) is 16.8. The van der Waals surface area contributed by atoms with E-state index in [-0.39, 0.29) is 12.6 Å². The first kappa shape index (κ1) is 17.8. The second-order valence-electron chi connectivity index (χ2n) is 7.35. The number of aliphatic hydroxyl groups is 1. The Morgan fingerprint density at radius 2 is 1.65 bits per heavy atom. The Morgan fingerprint density at radius 1 is 1.13 bits per heavy atom. The molecule has 1 aliphatic carbocycles. The number of hydrogen-bond donors (Lipinski definition) is 3. The highest BCUT2D eigenvalue weighted by Gasteiger charge is 2.34. The number of nitrogens with one attached hydrogen (secondary N) is 2. The predicted molar refractivity (Wildman–Crippen MR) is 95.1 cm³/mol. The zero-order valence-corrected chi connectivity index (χ0v) is 14.8. The summed E-state index contributed by atoms with van der Waals surface area (Å²) in [6, 6.07) is 5.99. The molecular weight excluding hydrogens is 288 g/mol. The highest BCUT2D eigenvalue weighted by molar-refractivity contribution is 5.92. The first-order chi connectivity index (χ1) is 10.9. The molecule has 1 fully saturated rings. The molecule has 0 radical (unpaired) electrons. The number of para-hydroxylation sites is 1. The summed E-state index contributed by atoms with van der Waals surface area (Å²) in [6.07, 6.45) is 3.81.